The lowest BCUT2D eigenvalue weighted by atomic mass is 9.89. The fourth-order valence-corrected chi connectivity index (χ4v) is 7.79. The maximum atomic E-state index is 15.3. The van der Waals surface area contributed by atoms with E-state index in [1.165, 1.54) is 7.11 Å². The van der Waals surface area contributed by atoms with Crippen molar-refractivity contribution in [2.24, 2.45) is 12.5 Å². The molecule has 1 spiro atoms. The van der Waals surface area contributed by atoms with Crippen LogP contribution in [0.2, 0.25) is 0 Å². The van der Waals surface area contributed by atoms with Gasteiger partial charge in [0.05, 0.1) is 54.6 Å². The molecule has 2 aromatic heterocycles. The number of esters is 1. The maximum Gasteiger partial charge on any atom is 0.337 e. The Morgan fingerprint density at radius 3 is 2.70 bits per heavy atom. The molecule has 5 unspecified atom stereocenters. The van der Waals surface area contributed by atoms with E-state index in [1.54, 1.807) is 10.7 Å². The van der Waals surface area contributed by atoms with Crippen LogP contribution in [0.1, 0.15) is 59.8 Å². The molecule has 1 aliphatic carbocycles. The van der Waals surface area contributed by atoms with Crippen LogP contribution in [0.3, 0.4) is 0 Å². The molecular formula is C34H40F2N6O4. The first-order valence-electron chi connectivity index (χ1n) is 16.3. The van der Waals surface area contributed by atoms with E-state index in [0.717, 1.165) is 65.6 Å². The smallest absolute Gasteiger partial charge is 0.337 e. The Bertz CT molecular complexity index is 1760. The van der Waals surface area contributed by atoms with Crippen molar-refractivity contribution >= 4 is 27.9 Å². The van der Waals surface area contributed by atoms with E-state index >= 15 is 8.78 Å². The van der Waals surface area contributed by atoms with E-state index in [0.29, 0.717) is 25.2 Å². The molecule has 6 atom stereocenters. The van der Waals surface area contributed by atoms with Crippen LogP contribution < -0.4 is 5.32 Å². The van der Waals surface area contributed by atoms with Crippen molar-refractivity contribution in [1.29, 1.82) is 0 Å². The zero-order valence-electron chi connectivity index (χ0n) is 26.2. The quantitative estimate of drug-likeness (QED) is 0.281. The minimum Gasteiger partial charge on any atom is -0.465 e. The van der Waals surface area contributed by atoms with Crippen molar-refractivity contribution in [3.05, 3.63) is 59.5 Å². The number of halogens is 2. The number of likely N-dealkylation sites (tertiary alicyclic amines) is 1. The van der Waals surface area contributed by atoms with E-state index in [9.17, 15) is 4.79 Å². The van der Waals surface area contributed by atoms with Crippen molar-refractivity contribution in [2.45, 2.75) is 82.0 Å². The second kappa shape index (κ2) is 11.7. The van der Waals surface area contributed by atoms with E-state index < -0.39 is 24.7 Å². The van der Waals surface area contributed by atoms with Gasteiger partial charge in [0.25, 0.3) is 0 Å². The van der Waals surface area contributed by atoms with Crippen LogP contribution in [-0.2, 0) is 34.4 Å². The van der Waals surface area contributed by atoms with Crippen molar-refractivity contribution in [3.63, 3.8) is 0 Å². The minimum absolute atomic E-state index is 0.102. The molecule has 3 saturated heterocycles. The molecule has 0 amide bonds. The van der Waals surface area contributed by atoms with Crippen LogP contribution >= 0.6 is 0 Å². The highest BCUT2D eigenvalue weighted by atomic mass is 19.1. The number of hydrogen-bond acceptors (Lipinski definition) is 8. The Balaban J connectivity index is 0.938. The zero-order chi connectivity index (χ0) is 31.6. The SMILES string of the molecule is COC(=O)c1ccc2nc(C3CC34CCN(C3NC(OCc5ccc6nn(C)cc6c5)C(F)CC3F)CC4)n(C[C@@H]3CCO3)c2c1. The van der Waals surface area contributed by atoms with Crippen LogP contribution in [0.25, 0.3) is 21.9 Å². The van der Waals surface area contributed by atoms with Crippen LogP contribution in [-0.4, -0.2) is 87.8 Å². The van der Waals surface area contributed by atoms with Gasteiger partial charge in [-0.1, -0.05) is 6.07 Å². The molecule has 4 fully saturated rings. The molecule has 244 valence electrons. The molecule has 4 aliphatic rings. The summed E-state index contributed by atoms with van der Waals surface area (Å²) in [6.45, 7) is 3.13. The van der Waals surface area contributed by atoms with E-state index in [-0.39, 0.29) is 36.4 Å². The van der Waals surface area contributed by atoms with Crippen molar-refractivity contribution in [1.82, 2.24) is 29.5 Å². The molecule has 46 heavy (non-hydrogen) atoms. The van der Waals surface area contributed by atoms with Crippen LogP contribution in [0, 0.1) is 5.41 Å². The summed E-state index contributed by atoms with van der Waals surface area (Å²) in [6, 6.07) is 11.4. The number of ether oxygens (including phenoxy) is 3. The van der Waals surface area contributed by atoms with Crippen LogP contribution in [0.5, 0.6) is 0 Å². The third kappa shape index (κ3) is 5.38. The number of imidazole rings is 1. The average molecular weight is 635 g/mol. The summed E-state index contributed by atoms with van der Waals surface area (Å²) in [5.41, 5.74) is 4.20. The number of piperidine rings is 2. The van der Waals surface area contributed by atoms with Gasteiger partial charge < -0.3 is 18.8 Å². The summed E-state index contributed by atoms with van der Waals surface area (Å²) in [4.78, 5) is 19.5. The van der Waals surface area contributed by atoms with E-state index in [4.69, 9.17) is 19.2 Å². The number of carbonyl (C=O) groups excluding carboxylic acids is 1. The first-order valence-corrected chi connectivity index (χ1v) is 16.3. The first kappa shape index (κ1) is 29.9. The fourth-order valence-electron chi connectivity index (χ4n) is 7.79. The topological polar surface area (TPSA) is 95.7 Å². The number of rotatable bonds is 8. The molecule has 12 heteroatoms. The summed E-state index contributed by atoms with van der Waals surface area (Å²) < 4.78 is 51.1. The van der Waals surface area contributed by atoms with E-state index in [2.05, 4.69) is 19.9 Å². The Labute approximate surface area is 266 Å². The Hall–Kier alpha value is -3.45. The Kier molecular flexibility index (Phi) is 7.58. The van der Waals surface area contributed by atoms with Gasteiger partial charge in [0.15, 0.2) is 0 Å². The third-order valence-electron chi connectivity index (χ3n) is 10.6. The summed E-state index contributed by atoms with van der Waals surface area (Å²) in [6.07, 6.45) is 1.52. The number of aromatic nitrogens is 4. The fraction of sp³-hybridized carbons (Fsp3) is 0.559. The molecule has 8 rings (SSSR count). The molecule has 3 aliphatic heterocycles. The Morgan fingerprint density at radius 2 is 1.93 bits per heavy atom. The number of benzene rings is 2. The number of nitrogens with one attached hydrogen (secondary N) is 1. The van der Waals surface area contributed by atoms with Gasteiger partial charge in [-0.15, -0.1) is 0 Å². The van der Waals surface area contributed by atoms with Gasteiger partial charge in [0.1, 0.15) is 24.4 Å². The average Bonchev–Trinajstić information content (AvgIpc) is 3.39. The van der Waals surface area contributed by atoms with Gasteiger partial charge >= 0.3 is 5.97 Å². The number of hydrogen-bond donors (Lipinski definition) is 1. The highest BCUT2D eigenvalue weighted by Crippen LogP contribution is 2.65. The molecule has 2 aromatic carbocycles. The molecule has 5 heterocycles. The van der Waals surface area contributed by atoms with Gasteiger partial charge in [-0.05, 0) is 67.0 Å². The lowest BCUT2D eigenvalue weighted by Gasteiger charge is -2.44. The zero-order valence-corrected chi connectivity index (χ0v) is 26.2. The first-order chi connectivity index (χ1) is 22.3. The minimum atomic E-state index is -1.43. The monoisotopic (exact) mass is 634 g/mol. The van der Waals surface area contributed by atoms with Crippen molar-refractivity contribution < 1.29 is 27.8 Å². The number of methoxy groups -OCH3 is 1. The van der Waals surface area contributed by atoms with Crippen molar-refractivity contribution in [2.75, 3.05) is 26.8 Å². The number of fused-ring (bicyclic) bond motifs is 2. The van der Waals surface area contributed by atoms with Crippen LogP contribution in [0.15, 0.2) is 42.6 Å². The molecular weight excluding hydrogens is 594 g/mol. The summed E-state index contributed by atoms with van der Waals surface area (Å²) in [5.74, 6) is 0.956. The number of carbonyl (C=O) groups is 1. The standard InChI is InChI=1S/C34H40F2N6O4/c1-40-17-22-13-20(3-5-27(22)39-40)19-46-32-26(36)15-25(35)31(38-32)41-10-8-34(9-11-41)16-24(34)30-37-28-6-4-21(33(43)44-2)14-29(28)42(30)18-23-7-12-45-23/h3-6,13-14,17,23-26,31-32,38H,7-12,15-16,18-19H2,1-2H3/t23-,24?,25?,26?,31?,32?/m0/s1. The van der Waals surface area contributed by atoms with Gasteiger partial charge in [0, 0.05) is 50.7 Å². The lowest BCUT2D eigenvalue weighted by Crippen LogP contribution is -2.63. The second-order valence-electron chi connectivity index (χ2n) is 13.5. The number of aryl methyl sites for hydroxylation is 1. The molecule has 0 bridgehead atoms. The molecule has 1 saturated carbocycles. The Morgan fingerprint density at radius 1 is 1.13 bits per heavy atom. The summed E-state index contributed by atoms with van der Waals surface area (Å²) in [5, 5.41) is 8.57. The van der Waals surface area contributed by atoms with Gasteiger partial charge in [-0.2, -0.15) is 5.10 Å². The number of alkyl halides is 2. The van der Waals surface area contributed by atoms with E-state index in [1.807, 2.05) is 43.6 Å². The summed E-state index contributed by atoms with van der Waals surface area (Å²) >= 11 is 0. The predicted octanol–water partition coefficient (Wildman–Crippen LogP) is 4.61. The molecule has 1 N–H and O–H groups in total. The van der Waals surface area contributed by atoms with Crippen molar-refractivity contribution in [3.8, 4) is 0 Å². The van der Waals surface area contributed by atoms with Gasteiger partial charge in [-0.25, -0.2) is 18.6 Å². The number of nitrogens with zero attached hydrogens (tertiary/aromatic N) is 5. The molecule has 10 nitrogen and oxygen atoms in total. The highest BCUT2D eigenvalue weighted by Gasteiger charge is 2.58. The third-order valence-corrected chi connectivity index (χ3v) is 10.6. The predicted molar refractivity (Wildman–Crippen MR) is 167 cm³/mol. The van der Waals surface area contributed by atoms with Crippen LogP contribution in [0.4, 0.5) is 8.78 Å². The largest absolute Gasteiger partial charge is 0.465 e. The molecule has 4 aromatic rings. The second-order valence-corrected chi connectivity index (χ2v) is 13.5. The summed E-state index contributed by atoms with van der Waals surface area (Å²) in [7, 11) is 3.26. The van der Waals surface area contributed by atoms with Gasteiger partial charge in [0.2, 0.25) is 0 Å². The lowest BCUT2D eigenvalue weighted by molar-refractivity contribution is -0.108. The molecule has 0 radical (unpaired) electrons. The normalized spacial score (nSPS) is 29.3. The highest BCUT2D eigenvalue weighted by molar-refractivity contribution is 5.93. The maximum absolute atomic E-state index is 15.3. The van der Waals surface area contributed by atoms with Gasteiger partial charge in [-0.3, -0.25) is 14.9 Å².